The van der Waals surface area contributed by atoms with Crippen molar-refractivity contribution in [3.05, 3.63) is 69.2 Å². The van der Waals surface area contributed by atoms with E-state index < -0.39 is 6.04 Å². The van der Waals surface area contributed by atoms with Crippen LogP contribution in [0.5, 0.6) is 0 Å². The molecule has 0 saturated heterocycles. The van der Waals surface area contributed by atoms with Crippen molar-refractivity contribution in [1.82, 2.24) is 10.2 Å². The standard InChI is InChI=1S/C25H32Cl2N2O2S/c1-4-6-14-28-25(31)23(5-2)29(15-20-21(26)12-9-13-22(20)27)24(30)17-32-16-19-11-8-7-10-18(19)3/h7-13,23H,4-6,14-17H2,1-3H3,(H,28,31)/t23-/m1/s1. The molecule has 2 amide bonds. The minimum Gasteiger partial charge on any atom is -0.354 e. The topological polar surface area (TPSA) is 49.4 Å². The molecule has 0 fully saturated rings. The summed E-state index contributed by atoms with van der Waals surface area (Å²) in [6.45, 7) is 6.85. The van der Waals surface area contributed by atoms with E-state index in [2.05, 4.69) is 31.3 Å². The van der Waals surface area contributed by atoms with E-state index in [0.717, 1.165) is 18.6 Å². The van der Waals surface area contributed by atoms with Crippen LogP contribution in [0.4, 0.5) is 0 Å². The molecule has 0 saturated carbocycles. The smallest absolute Gasteiger partial charge is 0.242 e. The van der Waals surface area contributed by atoms with Crippen molar-refractivity contribution >= 4 is 46.8 Å². The van der Waals surface area contributed by atoms with Gasteiger partial charge in [-0.25, -0.2) is 0 Å². The van der Waals surface area contributed by atoms with Crippen molar-refractivity contribution < 1.29 is 9.59 Å². The van der Waals surface area contributed by atoms with Crippen LogP contribution >= 0.6 is 35.0 Å². The van der Waals surface area contributed by atoms with E-state index >= 15 is 0 Å². The van der Waals surface area contributed by atoms with Crippen LogP contribution in [0.25, 0.3) is 0 Å². The van der Waals surface area contributed by atoms with E-state index in [0.29, 0.717) is 28.6 Å². The Balaban J connectivity index is 2.18. The van der Waals surface area contributed by atoms with Gasteiger partial charge in [-0.3, -0.25) is 9.59 Å². The number of hydrogen-bond acceptors (Lipinski definition) is 3. The predicted molar refractivity (Wildman–Crippen MR) is 136 cm³/mol. The maximum absolute atomic E-state index is 13.3. The lowest BCUT2D eigenvalue weighted by Gasteiger charge is -2.31. The number of carbonyl (C=O) groups excluding carboxylic acids is 2. The second kappa shape index (κ2) is 13.8. The molecular formula is C25H32Cl2N2O2S. The highest BCUT2D eigenvalue weighted by Gasteiger charge is 2.29. The summed E-state index contributed by atoms with van der Waals surface area (Å²) >= 11 is 14.3. The molecule has 2 aromatic carbocycles. The van der Waals surface area contributed by atoms with Crippen molar-refractivity contribution in [2.24, 2.45) is 0 Å². The van der Waals surface area contributed by atoms with E-state index in [9.17, 15) is 9.59 Å². The van der Waals surface area contributed by atoms with Crippen LogP contribution in [0.2, 0.25) is 10.0 Å². The highest BCUT2D eigenvalue weighted by atomic mass is 35.5. The fraction of sp³-hybridized carbons (Fsp3) is 0.440. The molecule has 1 atom stereocenters. The molecule has 4 nitrogen and oxygen atoms in total. The summed E-state index contributed by atoms with van der Waals surface area (Å²) in [6, 6.07) is 12.8. The third-order valence-corrected chi connectivity index (χ3v) is 7.02. The van der Waals surface area contributed by atoms with Gasteiger partial charge in [0, 0.05) is 34.5 Å². The lowest BCUT2D eigenvalue weighted by molar-refractivity contribution is -0.139. The summed E-state index contributed by atoms with van der Waals surface area (Å²) in [5, 5.41) is 3.95. The summed E-state index contributed by atoms with van der Waals surface area (Å²) in [6.07, 6.45) is 2.40. The molecule has 0 radical (unpaired) electrons. The van der Waals surface area contributed by atoms with E-state index in [4.69, 9.17) is 23.2 Å². The molecule has 0 aliphatic carbocycles. The molecule has 0 unspecified atom stereocenters. The number of rotatable bonds is 12. The van der Waals surface area contributed by atoms with Crippen LogP contribution in [0.1, 0.15) is 49.8 Å². The van der Waals surface area contributed by atoms with Gasteiger partial charge < -0.3 is 10.2 Å². The van der Waals surface area contributed by atoms with E-state index in [1.807, 2.05) is 19.1 Å². The van der Waals surface area contributed by atoms with Gasteiger partial charge in [-0.05, 0) is 43.0 Å². The normalized spacial score (nSPS) is 11.8. The number of aryl methyl sites for hydroxylation is 1. The van der Waals surface area contributed by atoms with Gasteiger partial charge in [0.15, 0.2) is 0 Å². The Morgan fingerprint density at radius 1 is 1.06 bits per heavy atom. The molecule has 2 aromatic rings. The second-order valence-corrected chi connectivity index (χ2v) is 9.51. The first-order valence-corrected chi connectivity index (χ1v) is 12.9. The molecule has 2 rings (SSSR count). The Morgan fingerprint density at radius 3 is 2.38 bits per heavy atom. The number of carbonyl (C=O) groups is 2. The molecule has 0 spiro atoms. The van der Waals surface area contributed by atoms with Crippen LogP contribution in [0.15, 0.2) is 42.5 Å². The van der Waals surface area contributed by atoms with Crippen LogP contribution in [-0.4, -0.2) is 35.1 Å². The van der Waals surface area contributed by atoms with Crippen molar-refractivity contribution in [3.8, 4) is 0 Å². The summed E-state index contributed by atoms with van der Waals surface area (Å²) in [5.74, 6) is 0.770. The Kier molecular flexibility index (Phi) is 11.4. The zero-order valence-corrected chi connectivity index (χ0v) is 21.3. The highest BCUT2D eigenvalue weighted by Crippen LogP contribution is 2.27. The summed E-state index contributed by atoms with van der Waals surface area (Å²) in [7, 11) is 0. The van der Waals surface area contributed by atoms with Crippen molar-refractivity contribution in [1.29, 1.82) is 0 Å². The molecule has 0 heterocycles. The first kappa shape index (κ1) is 26.6. The van der Waals surface area contributed by atoms with Crippen LogP contribution in [-0.2, 0) is 21.9 Å². The average Bonchev–Trinajstić information content (AvgIpc) is 2.77. The Labute approximate surface area is 206 Å². The fourth-order valence-electron chi connectivity index (χ4n) is 3.38. The quantitative estimate of drug-likeness (QED) is 0.354. The molecular weight excluding hydrogens is 463 g/mol. The Bertz CT molecular complexity index is 887. The third-order valence-electron chi connectivity index (χ3n) is 5.35. The molecule has 7 heteroatoms. The Morgan fingerprint density at radius 2 is 1.75 bits per heavy atom. The second-order valence-electron chi connectivity index (χ2n) is 7.71. The van der Waals surface area contributed by atoms with Gasteiger partial charge in [-0.15, -0.1) is 11.8 Å². The number of halogens is 2. The number of nitrogens with zero attached hydrogens (tertiary/aromatic N) is 1. The maximum atomic E-state index is 13.3. The van der Waals surface area contributed by atoms with Gasteiger partial charge in [-0.1, -0.05) is 73.8 Å². The number of unbranched alkanes of at least 4 members (excludes halogenated alkanes) is 1. The SMILES string of the molecule is CCCCNC(=O)[C@@H](CC)N(Cc1c(Cl)cccc1Cl)C(=O)CSCc1ccccc1C. The van der Waals surface area contributed by atoms with Gasteiger partial charge in [-0.2, -0.15) is 0 Å². The fourth-order valence-corrected chi connectivity index (χ4v) is 4.89. The summed E-state index contributed by atoms with van der Waals surface area (Å²) in [5.41, 5.74) is 3.07. The van der Waals surface area contributed by atoms with Gasteiger partial charge in [0.05, 0.1) is 5.75 Å². The number of hydrogen-bond donors (Lipinski definition) is 1. The molecule has 0 aliphatic heterocycles. The monoisotopic (exact) mass is 494 g/mol. The van der Waals surface area contributed by atoms with Crippen molar-refractivity contribution in [2.45, 2.75) is 58.4 Å². The van der Waals surface area contributed by atoms with Gasteiger partial charge in [0.2, 0.25) is 11.8 Å². The number of nitrogens with one attached hydrogen (secondary N) is 1. The first-order chi connectivity index (χ1) is 15.4. The van der Waals surface area contributed by atoms with Gasteiger partial charge in [0.25, 0.3) is 0 Å². The minimum absolute atomic E-state index is 0.0999. The highest BCUT2D eigenvalue weighted by molar-refractivity contribution is 7.99. The third kappa shape index (κ3) is 7.72. The van der Waals surface area contributed by atoms with E-state index in [-0.39, 0.29) is 24.1 Å². The maximum Gasteiger partial charge on any atom is 0.242 e. The largest absolute Gasteiger partial charge is 0.354 e. The van der Waals surface area contributed by atoms with E-state index in [1.165, 1.54) is 11.1 Å². The molecule has 174 valence electrons. The number of thioether (sulfide) groups is 1. The van der Waals surface area contributed by atoms with Gasteiger partial charge >= 0.3 is 0 Å². The Hall–Kier alpha value is -1.69. The van der Waals surface area contributed by atoms with Crippen LogP contribution < -0.4 is 5.32 Å². The summed E-state index contributed by atoms with van der Waals surface area (Å²) in [4.78, 5) is 27.9. The van der Waals surface area contributed by atoms with Gasteiger partial charge in [0.1, 0.15) is 6.04 Å². The van der Waals surface area contributed by atoms with Crippen LogP contribution in [0, 0.1) is 6.92 Å². The summed E-state index contributed by atoms with van der Waals surface area (Å²) < 4.78 is 0. The zero-order valence-electron chi connectivity index (χ0n) is 19.0. The van der Waals surface area contributed by atoms with E-state index in [1.54, 1.807) is 34.9 Å². The minimum atomic E-state index is -0.578. The van der Waals surface area contributed by atoms with Crippen LogP contribution in [0.3, 0.4) is 0 Å². The molecule has 32 heavy (non-hydrogen) atoms. The average molecular weight is 496 g/mol. The number of benzene rings is 2. The lowest BCUT2D eigenvalue weighted by Crippen LogP contribution is -2.49. The van der Waals surface area contributed by atoms with Crippen molar-refractivity contribution in [2.75, 3.05) is 12.3 Å². The number of amides is 2. The molecule has 0 aromatic heterocycles. The predicted octanol–water partition coefficient (Wildman–Crippen LogP) is 6.26. The zero-order chi connectivity index (χ0) is 23.5. The molecule has 0 aliphatic rings. The van der Waals surface area contributed by atoms with Crippen molar-refractivity contribution in [3.63, 3.8) is 0 Å². The first-order valence-electron chi connectivity index (χ1n) is 11.0. The lowest BCUT2D eigenvalue weighted by atomic mass is 10.1. The molecule has 1 N–H and O–H groups in total. The molecule has 0 bridgehead atoms.